The lowest BCUT2D eigenvalue weighted by molar-refractivity contribution is 1.48. The third-order valence-corrected chi connectivity index (χ3v) is 5.51. The number of nitrogen functional groups attached to an aromatic ring is 1. The van der Waals surface area contributed by atoms with E-state index in [9.17, 15) is 5.26 Å². The van der Waals surface area contributed by atoms with Crippen molar-refractivity contribution >= 4 is 40.0 Å². The molecule has 0 spiro atoms. The molecule has 21 heavy (non-hydrogen) atoms. The zero-order valence-electron chi connectivity index (χ0n) is 11.2. The normalized spacial score (nSPS) is 10.5. The highest BCUT2D eigenvalue weighted by Gasteiger charge is 2.20. The van der Waals surface area contributed by atoms with Crippen molar-refractivity contribution < 1.29 is 0 Å². The van der Waals surface area contributed by atoms with E-state index in [0.717, 1.165) is 26.4 Å². The van der Waals surface area contributed by atoms with Crippen LogP contribution in [0.5, 0.6) is 0 Å². The molecule has 2 nitrogen and oxygen atoms in total. The second-order valence-electron chi connectivity index (χ2n) is 4.60. The molecule has 0 unspecified atom stereocenters. The highest BCUT2D eigenvalue weighted by atomic mass is 35.5. The summed E-state index contributed by atoms with van der Waals surface area (Å²) < 4.78 is 0. The quantitative estimate of drug-likeness (QED) is 0.668. The summed E-state index contributed by atoms with van der Waals surface area (Å²) in [5, 5.41) is 12.0. The number of hydrogen-bond acceptors (Lipinski definition) is 4. The van der Waals surface area contributed by atoms with Crippen molar-refractivity contribution in [2.24, 2.45) is 0 Å². The second-order valence-corrected chi connectivity index (χ2v) is 7.00. The summed E-state index contributed by atoms with van der Waals surface area (Å²) in [6, 6.07) is 12.0. The number of benzene rings is 1. The van der Waals surface area contributed by atoms with Gasteiger partial charge in [-0.25, -0.2) is 0 Å². The Morgan fingerprint density at radius 3 is 2.71 bits per heavy atom. The predicted molar refractivity (Wildman–Crippen MR) is 91.9 cm³/mol. The Hall–Kier alpha value is -1.80. The number of halogens is 1. The fraction of sp³-hybridized carbons (Fsp3) is 0.0625. The summed E-state index contributed by atoms with van der Waals surface area (Å²) >= 11 is 9.09. The lowest BCUT2D eigenvalue weighted by Gasteiger charge is -2.07. The highest BCUT2D eigenvalue weighted by Crippen LogP contribution is 2.47. The zero-order valence-corrected chi connectivity index (χ0v) is 13.6. The average molecular weight is 331 g/mol. The van der Waals surface area contributed by atoms with Crippen LogP contribution < -0.4 is 5.73 Å². The molecule has 3 rings (SSSR count). The molecule has 0 amide bonds. The number of hydrogen-bond donors (Lipinski definition) is 1. The lowest BCUT2D eigenvalue weighted by atomic mass is 10.0. The molecule has 5 heteroatoms. The Bertz CT molecular complexity index is 842. The first-order valence-electron chi connectivity index (χ1n) is 6.24. The van der Waals surface area contributed by atoms with Gasteiger partial charge in [-0.05, 0) is 41.6 Å². The minimum Gasteiger partial charge on any atom is -0.396 e. The van der Waals surface area contributed by atoms with Crippen LogP contribution in [0.3, 0.4) is 0 Å². The van der Waals surface area contributed by atoms with Gasteiger partial charge in [0.05, 0.1) is 5.69 Å². The SMILES string of the molecule is Cc1cc(Cl)ccc1-c1sc(C#N)c(N)c1-c1cccs1. The topological polar surface area (TPSA) is 49.8 Å². The molecular weight excluding hydrogens is 320 g/mol. The molecule has 0 saturated carbocycles. The van der Waals surface area contributed by atoms with Crippen molar-refractivity contribution in [3.8, 4) is 27.0 Å². The van der Waals surface area contributed by atoms with E-state index in [2.05, 4.69) is 6.07 Å². The van der Waals surface area contributed by atoms with Gasteiger partial charge in [-0.15, -0.1) is 22.7 Å². The van der Waals surface area contributed by atoms with Crippen LogP contribution in [0.2, 0.25) is 5.02 Å². The van der Waals surface area contributed by atoms with Gasteiger partial charge in [-0.1, -0.05) is 23.7 Å². The molecule has 104 valence electrons. The molecule has 1 aromatic carbocycles. The molecule has 3 aromatic rings. The second kappa shape index (κ2) is 5.53. The molecule has 0 saturated heterocycles. The van der Waals surface area contributed by atoms with Crippen LogP contribution in [0.15, 0.2) is 35.7 Å². The molecule has 2 heterocycles. The number of nitriles is 1. The van der Waals surface area contributed by atoms with Gasteiger partial charge in [0, 0.05) is 20.3 Å². The summed E-state index contributed by atoms with van der Waals surface area (Å²) in [7, 11) is 0. The minimum atomic E-state index is 0.558. The largest absolute Gasteiger partial charge is 0.396 e. The van der Waals surface area contributed by atoms with Gasteiger partial charge in [-0.2, -0.15) is 5.26 Å². The zero-order chi connectivity index (χ0) is 15.0. The van der Waals surface area contributed by atoms with Crippen LogP contribution in [0.25, 0.3) is 20.9 Å². The number of nitrogens with two attached hydrogens (primary N) is 1. The van der Waals surface area contributed by atoms with Crippen molar-refractivity contribution in [3.05, 3.63) is 51.2 Å². The van der Waals surface area contributed by atoms with Crippen molar-refractivity contribution in [1.82, 2.24) is 0 Å². The maximum absolute atomic E-state index is 9.28. The molecule has 0 atom stereocenters. The molecule has 0 fully saturated rings. The van der Waals surface area contributed by atoms with E-state index in [1.165, 1.54) is 11.3 Å². The lowest BCUT2D eigenvalue weighted by Crippen LogP contribution is -1.88. The van der Waals surface area contributed by atoms with E-state index in [1.807, 2.05) is 42.6 Å². The van der Waals surface area contributed by atoms with Gasteiger partial charge in [-0.3, -0.25) is 0 Å². The van der Waals surface area contributed by atoms with Crippen LogP contribution in [-0.2, 0) is 0 Å². The third kappa shape index (κ3) is 2.44. The minimum absolute atomic E-state index is 0.558. The van der Waals surface area contributed by atoms with Crippen LogP contribution in [0.4, 0.5) is 5.69 Å². The van der Waals surface area contributed by atoms with Gasteiger partial charge >= 0.3 is 0 Å². The van der Waals surface area contributed by atoms with E-state index in [-0.39, 0.29) is 0 Å². The number of aryl methyl sites for hydroxylation is 1. The highest BCUT2D eigenvalue weighted by molar-refractivity contribution is 7.19. The Morgan fingerprint density at radius 2 is 2.10 bits per heavy atom. The summed E-state index contributed by atoms with van der Waals surface area (Å²) in [6.45, 7) is 2.02. The molecule has 0 bridgehead atoms. The maximum Gasteiger partial charge on any atom is 0.129 e. The Morgan fingerprint density at radius 1 is 1.29 bits per heavy atom. The monoisotopic (exact) mass is 330 g/mol. The first-order valence-corrected chi connectivity index (χ1v) is 8.32. The van der Waals surface area contributed by atoms with E-state index in [4.69, 9.17) is 17.3 Å². The van der Waals surface area contributed by atoms with Crippen LogP contribution in [0.1, 0.15) is 10.4 Å². The fourth-order valence-electron chi connectivity index (χ4n) is 2.26. The number of rotatable bonds is 2. The third-order valence-electron chi connectivity index (χ3n) is 3.25. The number of nitrogens with zero attached hydrogens (tertiary/aromatic N) is 1. The smallest absolute Gasteiger partial charge is 0.129 e. The molecule has 0 radical (unpaired) electrons. The Kier molecular flexibility index (Phi) is 3.73. The standard InChI is InChI=1S/C16H11ClN2S2/c1-9-7-10(17)4-5-11(9)16-14(12-3-2-6-20-12)15(19)13(8-18)21-16/h2-7H,19H2,1H3. The van der Waals surface area contributed by atoms with Gasteiger partial charge in [0.25, 0.3) is 0 Å². The molecule has 0 aliphatic rings. The van der Waals surface area contributed by atoms with Crippen molar-refractivity contribution in [2.45, 2.75) is 6.92 Å². The first kappa shape index (κ1) is 14.2. The van der Waals surface area contributed by atoms with Gasteiger partial charge in [0.1, 0.15) is 10.9 Å². The summed E-state index contributed by atoms with van der Waals surface area (Å²) in [4.78, 5) is 2.66. The molecule has 0 aliphatic heterocycles. The van der Waals surface area contributed by atoms with E-state index >= 15 is 0 Å². The van der Waals surface area contributed by atoms with Gasteiger partial charge < -0.3 is 5.73 Å². The van der Waals surface area contributed by atoms with E-state index < -0.39 is 0 Å². The molecule has 2 aromatic heterocycles. The summed E-state index contributed by atoms with van der Waals surface area (Å²) in [5.41, 5.74) is 9.86. The van der Waals surface area contributed by atoms with Crippen LogP contribution in [-0.4, -0.2) is 0 Å². The Labute approximate surface area is 136 Å². The van der Waals surface area contributed by atoms with Crippen LogP contribution in [0, 0.1) is 18.3 Å². The summed E-state index contributed by atoms with van der Waals surface area (Å²) in [5.74, 6) is 0. The Balaban J connectivity index is 2.30. The predicted octanol–water partition coefficient (Wildman–Crippen LogP) is 5.56. The summed E-state index contributed by atoms with van der Waals surface area (Å²) in [6.07, 6.45) is 0. The first-order chi connectivity index (χ1) is 10.1. The van der Waals surface area contributed by atoms with E-state index in [0.29, 0.717) is 15.6 Å². The molecular formula is C16H11ClN2S2. The average Bonchev–Trinajstić information content (AvgIpc) is 3.06. The maximum atomic E-state index is 9.28. The fourth-order valence-corrected chi connectivity index (χ4v) is 4.47. The van der Waals surface area contributed by atoms with Crippen LogP contribution >= 0.6 is 34.3 Å². The van der Waals surface area contributed by atoms with Crippen molar-refractivity contribution in [2.75, 3.05) is 5.73 Å². The van der Waals surface area contributed by atoms with Crippen molar-refractivity contribution in [1.29, 1.82) is 5.26 Å². The van der Waals surface area contributed by atoms with Gasteiger partial charge in [0.15, 0.2) is 0 Å². The van der Waals surface area contributed by atoms with E-state index in [1.54, 1.807) is 11.3 Å². The van der Waals surface area contributed by atoms with Crippen molar-refractivity contribution in [3.63, 3.8) is 0 Å². The number of thiophene rings is 2. The molecule has 2 N–H and O–H groups in total. The van der Waals surface area contributed by atoms with Gasteiger partial charge in [0.2, 0.25) is 0 Å². The number of anilines is 1. The molecule has 0 aliphatic carbocycles.